The fourth-order valence-electron chi connectivity index (χ4n) is 1.53. The highest BCUT2D eigenvalue weighted by Crippen LogP contribution is 2.08. The zero-order chi connectivity index (χ0) is 12.7. The van der Waals surface area contributed by atoms with E-state index in [1.54, 1.807) is 6.08 Å². The fourth-order valence-corrected chi connectivity index (χ4v) is 1.53. The van der Waals surface area contributed by atoms with Gasteiger partial charge in [0, 0.05) is 6.08 Å². The van der Waals surface area contributed by atoms with Crippen molar-refractivity contribution in [1.82, 2.24) is 0 Å². The summed E-state index contributed by atoms with van der Waals surface area (Å²) in [5.74, 6) is -0.245. The monoisotopic (exact) mass is 232 g/mol. The summed E-state index contributed by atoms with van der Waals surface area (Å²) in [4.78, 5) is 11.4. The molecule has 1 aromatic rings. The van der Waals surface area contributed by atoms with Crippen molar-refractivity contribution in [2.45, 2.75) is 39.7 Å². The molecule has 2 nitrogen and oxygen atoms in total. The van der Waals surface area contributed by atoms with Crippen LogP contribution in [0.4, 0.5) is 0 Å². The van der Waals surface area contributed by atoms with Crippen LogP contribution in [0.5, 0.6) is 0 Å². The van der Waals surface area contributed by atoms with Gasteiger partial charge in [0.25, 0.3) is 0 Å². The van der Waals surface area contributed by atoms with Crippen molar-refractivity contribution >= 4 is 5.97 Å². The van der Waals surface area contributed by atoms with E-state index in [1.807, 2.05) is 39.0 Å². The molecule has 0 saturated heterocycles. The van der Waals surface area contributed by atoms with Gasteiger partial charge in [-0.05, 0) is 39.2 Å². The Balaban J connectivity index is 2.41. The van der Waals surface area contributed by atoms with E-state index in [-0.39, 0.29) is 12.1 Å². The van der Waals surface area contributed by atoms with Crippen molar-refractivity contribution in [3.05, 3.63) is 47.5 Å². The molecule has 0 spiro atoms. The number of carbonyl (C=O) groups is 1. The van der Waals surface area contributed by atoms with Gasteiger partial charge in [-0.3, -0.25) is 0 Å². The number of esters is 1. The van der Waals surface area contributed by atoms with Gasteiger partial charge in [0.1, 0.15) is 0 Å². The minimum atomic E-state index is -0.245. The number of carbonyl (C=O) groups excluding carboxylic acids is 1. The molecule has 0 radical (unpaired) electrons. The lowest BCUT2D eigenvalue weighted by Gasteiger charge is -2.06. The maximum atomic E-state index is 11.4. The van der Waals surface area contributed by atoms with Crippen LogP contribution >= 0.6 is 0 Å². The van der Waals surface area contributed by atoms with Crippen LogP contribution in [0.25, 0.3) is 0 Å². The van der Waals surface area contributed by atoms with Crippen molar-refractivity contribution in [1.29, 1.82) is 0 Å². The summed E-state index contributed by atoms with van der Waals surface area (Å²) < 4.78 is 5.06. The Hall–Kier alpha value is -1.57. The molecule has 1 aromatic carbocycles. The smallest absolute Gasteiger partial charge is 0.330 e. The summed E-state index contributed by atoms with van der Waals surface area (Å²) in [6.07, 6.45) is 3.37. The largest absolute Gasteiger partial charge is 0.460 e. The third kappa shape index (κ3) is 5.91. The van der Waals surface area contributed by atoms with E-state index < -0.39 is 0 Å². The molecule has 2 heteroatoms. The molecule has 0 N–H and O–H groups in total. The molecule has 0 unspecified atom stereocenters. The van der Waals surface area contributed by atoms with Crippen LogP contribution in [0.2, 0.25) is 0 Å². The topological polar surface area (TPSA) is 26.3 Å². The molecular weight excluding hydrogens is 212 g/mol. The Morgan fingerprint density at radius 2 is 1.94 bits per heavy atom. The summed E-state index contributed by atoms with van der Waals surface area (Å²) in [6.45, 7) is 5.67. The highest BCUT2D eigenvalue weighted by Gasteiger charge is 2.02. The predicted octanol–water partition coefficient (Wildman–Crippen LogP) is 3.52. The molecule has 0 bridgehead atoms. The molecule has 0 aromatic heterocycles. The number of rotatable bonds is 5. The number of hydrogen-bond donors (Lipinski definition) is 0. The molecular formula is C15H20O2. The first-order valence-electron chi connectivity index (χ1n) is 5.99. The minimum absolute atomic E-state index is 0.0549. The van der Waals surface area contributed by atoms with Crippen molar-refractivity contribution in [2.24, 2.45) is 0 Å². The maximum absolute atomic E-state index is 11.4. The van der Waals surface area contributed by atoms with Crippen LogP contribution in [0.3, 0.4) is 0 Å². The van der Waals surface area contributed by atoms with E-state index in [0.29, 0.717) is 0 Å². The van der Waals surface area contributed by atoms with Gasteiger partial charge < -0.3 is 4.74 Å². The maximum Gasteiger partial charge on any atom is 0.330 e. The van der Waals surface area contributed by atoms with Gasteiger partial charge in [0.15, 0.2) is 0 Å². The molecule has 0 atom stereocenters. The third-order valence-corrected chi connectivity index (χ3v) is 2.37. The Morgan fingerprint density at radius 1 is 1.29 bits per heavy atom. The van der Waals surface area contributed by atoms with Crippen LogP contribution in [-0.2, 0) is 16.0 Å². The quantitative estimate of drug-likeness (QED) is 0.573. The van der Waals surface area contributed by atoms with Crippen molar-refractivity contribution < 1.29 is 9.53 Å². The molecule has 92 valence electrons. The first-order valence-corrected chi connectivity index (χ1v) is 5.99. The fraction of sp³-hybridized carbons (Fsp3) is 0.400. The standard InChI is InChI=1S/C15H20O2/c1-12(2)17-15(16)11-13(3)9-10-14-7-5-4-6-8-14/h4-8,11-12H,9-10H2,1-3H3/b13-11+. The second-order valence-electron chi connectivity index (χ2n) is 4.46. The normalized spacial score (nSPS) is 11.6. The van der Waals surface area contributed by atoms with Gasteiger partial charge in [0.05, 0.1) is 6.10 Å². The molecule has 0 heterocycles. The lowest BCUT2D eigenvalue weighted by atomic mass is 10.1. The Kier molecular flexibility index (Phi) is 5.47. The Labute approximate surface area is 103 Å². The molecule has 0 aliphatic heterocycles. The molecule has 1 rings (SSSR count). The lowest BCUT2D eigenvalue weighted by Crippen LogP contribution is -2.09. The Bertz CT molecular complexity index is 377. The van der Waals surface area contributed by atoms with Crippen molar-refractivity contribution in [3.8, 4) is 0 Å². The molecule has 0 saturated carbocycles. The number of hydrogen-bond acceptors (Lipinski definition) is 2. The predicted molar refractivity (Wildman–Crippen MR) is 69.7 cm³/mol. The van der Waals surface area contributed by atoms with Crippen LogP contribution < -0.4 is 0 Å². The SMILES string of the molecule is C/C(=C\C(=O)OC(C)C)CCc1ccccc1. The molecule has 0 aliphatic rings. The summed E-state index contributed by atoms with van der Waals surface area (Å²) >= 11 is 0. The van der Waals surface area contributed by atoms with E-state index in [2.05, 4.69) is 12.1 Å². The Morgan fingerprint density at radius 3 is 2.53 bits per heavy atom. The molecule has 17 heavy (non-hydrogen) atoms. The zero-order valence-corrected chi connectivity index (χ0v) is 10.8. The lowest BCUT2D eigenvalue weighted by molar-refractivity contribution is -0.141. The van der Waals surface area contributed by atoms with Gasteiger partial charge in [-0.1, -0.05) is 35.9 Å². The first kappa shape index (κ1) is 13.5. The summed E-state index contributed by atoms with van der Waals surface area (Å²) in [5, 5.41) is 0. The first-order chi connectivity index (χ1) is 8.08. The average Bonchev–Trinajstić information content (AvgIpc) is 2.26. The second-order valence-corrected chi connectivity index (χ2v) is 4.46. The van der Waals surface area contributed by atoms with Crippen molar-refractivity contribution in [3.63, 3.8) is 0 Å². The van der Waals surface area contributed by atoms with Gasteiger partial charge in [-0.15, -0.1) is 0 Å². The number of ether oxygens (including phenoxy) is 1. The van der Waals surface area contributed by atoms with Crippen molar-refractivity contribution in [2.75, 3.05) is 0 Å². The third-order valence-electron chi connectivity index (χ3n) is 2.37. The van der Waals surface area contributed by atoms with Gasteiger partial charge >= 0.3 is 5.97 Å². The molecule has 0 aliphatic carbocycles. The average molecular weight is 232 g/mol. The second kappa shape index (κ2) is 6.89. The van der Waals surface area contributed by atoms with Gasteiger partial charge in [0.2, 0.25) is 0 Å². The summed E-state index contributed by atoms with van der Waals surface area (Å²) in [6, 6.07) is 10.3. The number of allylic oxidation sites excluding steroid dienone is 1. The highest BCUT2D eigenvalue weighted by molar-refractivity contribution is 5.82. The van der Waals surface area contributed by atoms with E-state index in [9.17, 15) is 4.79 Å². The van der Waals surface area contributed by atoms with E-state index in [0.717, 1.165) is 18.4 Å². The summed E-state index contributed by atoms with van der Waals surface area (Å²) in [5.41, 5.74) is 2.34. The van der Waals surface area contributed by atoms with E-state index in [4.69, 9.17) is 4.74 Å². The number of benzene rings is 1. The van der Waals surface area contributed by atoms with Crippen LogP contribution in [0.1, 0.15) is 32.8 Å². The van der Waals surface area contributed by atoms with Crippen LogP contribution in [0, 0.1) is 0 Å². The molecule has 0 fully saturated rings. The van der Waals surface area contributed by atoms with Crippen LogP contribution in [-0.4, -0.2) is 12.1 Å². The van der Waals surface area contributed by atoms with Gasteiger partial charge in [-0.2, -0.15) is 0 Å². The summed E-state index contributed by atoms with van der Waals surface area (Å²) in [7, 11) is 0. The zero-order valence-electron chi connectivity index (χ0n) is 10.8. The highest BCUT2D eigenvalue weighted by atomic mass is 16.5. The van der Waals surface area contributed by atoms with E-state index >= 15 is 0 Å². The van der Waals surface area contributed by atoms with E-state index in [1.165, 1.54) is 5.56 Å². The number of aryl methyl sites for hydroxylation is 1. The van der Waals surface area contributed by atoms with Crippen LogP contribution in [0.15, 0.2) is 42.0 Å². The molecule has 0 amide bonds. The van der Waals surface area contributed by atoms with Gasteiger partial charge in [-0.25, -0.2) is 4.79 Å². The minimum Gasteiger partial charge on any atom is -0.460 e.